The molecule has 2 N–H and O–H groups in total. The third-order valence-corrected chi connectivity index (χ3v) is 5.77. The topological polar surface area (TPSA) is 87.7 Å². The van der Waals surface area contributed by atoms with Crippen LogP contribution in [0.2, 0.25) is 0 Å². The monoisotopic (exact) mass is 443 g/mol. The average Bonchev–Trinajstić information content (AvgIpc) is 2.81. The van der Waals surface area contributed by atoms with Gasteiger partial charge in [0.25, 0.3) is 5.91 Å². The number of anilines is 2. The van der Waals surface area contributed by atoms with E-state index in [9.17, 15) is 14.4 Å². The minimum Gasteiger partial charge on any atom is -0.497 e. The van der Waals surface area contributed by atoms with Crippen molar-refractivity contribution in [2.45, 2.75) is 18.9 Å². The van der Waals surface area contributed by atoms with Crippen LogP contribution >= 0.6 is 0 Å². The van der Waals surface area contributed by atoms with Crippen molar-refractivity contribution in [3.8, 4) is 5.75 Å². The lowest BCUT2D eigenvalue weighted by Crippen LogP contribution is -2.44. The molecule has 3 amide bonds. The molecule has 4 rings (SSSR count). The van der Waals surface area contributed by atoms with E-state index in [1.54, 1.807) is 55.5 Å². The molecular weight excluding hydrogens is 418 g/mol. The molecule has 168 valence electrons. The maximum atomic E-state index is 13.7. The first-order chi connectivity index (χ1) is 15.9. The number of fused-ring (bicyclic) bond motifs is 1. The SMILES string of the molecule is COc1ccc([C@H]2[C@@H](C(=O)Nc3cccc(NC(C)=O)c3)c3ccccc3C(=O)N2C)cc1. The third kappa shape index (κ3) is 4.43. The van der Waals surface area contributed by atoms with Crippen LogP contribution in [0, 0.1) is 0 Å². The molecule has 0 fully saturated rings. The number of nitrogens with one attached hydrogen (secondary N) is 2. The summed E-state index contributed by atoms with van der Waals surface area (Å²) in [5.41, 5.74) is 3.15. The molecule has 0 radical (unpaired) electrons. The van der Waals surface area contributed by atoms with E-state index in [2.05, 4.69) is 10.6 Å². The minimum absolute atomic E-state index is 0.136. The lowest BCUT2D eigenvalue weighted by molar-refractivity contribution is -0.119. The number of benzene rings is 3. The van der Waals surface area contributed by atoms with Crippen LogP contribution in [-0.2, 0) is 9.59 Å². The fourth-order valence-corrected chi connectivity index (χ4v) is 4.27. The minimum atomic E-state index is -0.637. The molecule has 1 aliphatic heterocycles. The second kappa shape index (κ2) is 9.16. The van der Waals surface area contributed by atoms with E-state index in [0.717, 1.165) is 5.56 Å². The van der Waals surface area contributed by atoms with Gasteiger partial charge in [-0.2, -0.15) is 0 Å². The molecule has 1 heterocycles. The lowest BCUT2D eigenvalue weighted by atomic mass is 9.79. The van der Waals surface area contributed by atoms with E-state index >= 15 is 0 Å². The molecule has 1 aliphatic rings. The van der Waals surface area contributed by atoms with Crippen LogP contribution in [0.4, 0.5) is 11.4 Å². The molecule has 33 heavy (non-hydrogen) atoms. The van der Waals surface area contributed by atoms with Crippen molar-refractivity contribution in [3.05, 3.63) is 89.5 Å². The molecular formula is C26H25N3O4. The van der Waals surface area contributed by atoms with Crippen LogP contribution in [0.25, 0.3) is 0 Å². The van der Waals surface area contributed by atoms with Gasteiger partial charge in [-0.25, -0.2) is 0 Å². The third-order valence-electron chi connectivity index (χ3n) is 5.77. The summed E-state index contributed by atoms with van der Waals surface area (Å²) in [4.78, 5) is 39.8. The number of amides is 3. The van der Waals surface area contributed by atoms with Crippen LogP contribution < -0.4 is 15.4 Å². The summed E-state index contributed by atoms with van der Waals surface area (Å²) in [5.74, 6) is -0.522. The molecule has 0 saturated carbocycles. The first-order valence-electron chi connectivity index (χ1n) is 10.6. The number of methoxy groups -OCH3 is 1. The van der Waals surface area contributed by atoms with Gasteiger partial charge in [0.1, 0.15) is 5.75 Å². The number of carbonyl (C=O) groups is 3. The number of ether oxygens (including phenoxy) is 1. The molecule has 0 saturated heterocycles. The Morgan fingerprint density at radius 2 is 1.58 bits per heavy atom. The van der Waals surface area contributed by atoms with Crippen LogP contribution in [0.15, 0.2) is 72.8 Å². The molecule has 7 nitrogen and oxygen atoms in total. The number of hydrogen-bond donors (Lipinski definition) is 2. The van der Waals surface area contributed by atoms with Gasteiger partial charge in [0.15, 0.2) is 0 Å². The van der Waals surface area contributed by atoms with E-state index in [0.29, 0.717) is 28.3 Å². The van der Waals surface area contributed by atoms with Crippen LogP contribution in [0.1, 0.15) is 40.4 Å². The van der Waals surface area contributed by atoms with Gasteiger partial charge in [-0.05, 0) is 47.5 Å². The molecule has 0 aromatic heterocycles. The number of carbonyl (C=O) groups excluding carboxylic acids is 3. The zero-order valence-corrected chi connectivity index (χ0v) is 18.7. The smallest absolute Gasteiger partial charge is 0.254 e. The molecule has 0 aliphatic carbocycles. The second-order valence-electron chi connectivity index (χ2n) is 7.95. The molecule has 3 aromatic rings. The first-order valence-corrected chi connectivity index (χ1v) is 10.6. The predicted molar refractivity (Wildman–Crippen MR) is 126 cm³/mol. The van der Waals surface area contributed by atoms with Gasteiger partial charge in [0.2, 0.25) is 11.8 Å². The molecule has 7 heteroatoms. The van der Waals surface area contributed by atoms with Crippen molar-refractivity contribution in [1.82, 2.24) is 4.90 Å². The van der Waals surface area contributed by atoms with Gasteiger partial charge >= 0.3 is 0 Å². The fraction of sp³-hybridized carbons (Fsp3) is 0.192. The number of rotatable bonds is 5. The Labute approximate surface area is 192 Å². The summed E-state index contributed by atoms with van der Waals surface area (Å²) in [6.45, 7) is 1.43. The summed E-state index contributed by atoms with van der Waals surface area (Å²) in [6, 6.07) is 21.1. The molecule has 2 atom stereocenters. The normalized spacial score (nSPS) is 17.2. The molecule has 0 bridgehead atoms. The Morgan fingerprint density at radius 1 is 0.909 bits per heavy atom. The Bertz CT molecular complexity index is 1210. The quantitative estimate of drug-likeness (QED) is 0.619. The highest BCUT2D eigenvalue weighted by Gasteiger charge is 2.42. The highest BCUT2D eigenvalue weighted by molar-refractivity contribution is 6.04. The van der Waals surface area contributed by atoms with E-state index in [1.807, 2.05) is 36.4 Å². The van der Waals surface area contributed by atoms with E-state index in [-0.39, 0.29) is 17.7 Å². The largest absolute Gasteiger partial charge is 0.497 e. The maximum Gasteiger partial charge on any atom is 0.254 e. The van der Waals surface area contributed by atoms with E-state index in [4.69, 9.17) is 4.74 Å². The van der Waals surface area contributed by atoms with Crippen molar-refractivity contribution in [3.63, 3.8) is 0 Å². The van der Waals surface area contributed by atoms with Crippen LogP contribution in [-0.4, -0.2) is 36.8 Å². The van der Waals surface area contributed by atoms with Gasteiger partial charge in [-0.3, -0.25) is 14.4 Å². The Hall–Kier alpha value is -4.13. The van der Waals surface area contributed by atoms with Crippen LogP contribution in [0.5, 0.6) is 5.75 Å². The maximum absolute atomic E-state index is 13.7. The highest BCUT2D eigenvalue weighted by Crippen LogP contribution is 2.42. The van der Waals surface area contributed by atoms with Crippen molar-refractivity contribution in [2.75, 3.05) is 24.8 Å². The van der Waals surface area contributed by atoms with E-state index in [1.165, 1.54) is 6.92 Å². The van der Waals surface area contributed by atoms with Crippen molar-refractivity contribution >= 4 is 29.1 Å². The summed E-state index contributed by atoms with van der Waals surface area (Å²) in [7, 11) is 3.30. The van der Waals surface area contributed by atoms with Crippen LogP contribution in [0.3, 0.4) is 0 Å². The molecule has 3 aromatic carbocycles. The van der Waals surface area contributed by atoms with Gasteiger partial charge in [0.05, 0.1) is 19.1 Å². The van der Waals surface area contributed by atoms with Crippen molar-refractivity contribution in [1.29, 1.82) is 0 Å². The fourth-order valence-electron chi connectivity index (χ4n) is 4.27. The molecule has 0 unspecified atom stereocenters. The van der Waals surface area contributed by atoms with Gasteiger partial charge in [-0.15, -0.1) is 0 Å². The van der Waals surface area contributed by atoms with Gasteiger partial charge in [0, 0.05) is 30.9 Å². The summed E-state index contributed by atoms with van der Waals surface area (Å²) < 4.78 is 5.26. The summed E-state index contributed by atoms with van der Waals surface area (Å²) >= 11 is 0. The molecule has 0 spiro atoms. The number of hydrogen-bond acceptors (Lipinski definition) is 4. The Kier molecular flexibility index (Phi) is 6.13. The predicted octanol–water partition coefficient (Wildman–Crippen LogP) is 4.20. The van der Waals surface area contributed by atoms with E-state index < -0.39 is 12.0 Å². The van der Waals surface area contributed by atoms with Gasteiger partial charge in [-0.1, -0.05) is 36.4 Å². The first kappa shape index (κ1) is 22.1. The summed E-state index contributed by atoms with van der Waals surface area (Å²) in [6.07, 6.45) is 0. The Morgan fingerprint density at radius 3 is 2.24 bits per heavy atom. The average molecular weight is 444 g/mol. The zero-order valence-electron chi connectivity index (χ0n) is 18.7. The Balaban J connectivity index is 1.74. The van der Waals surface area contributed by atoms with Crippen molar-refractivity contribution in [2.24, 2.45) is 0 Å². The van der Waals surface area contributed by atoms with Crippen molar-refractivity contribution < 1.29 is 19.1 Å². The van der Waals surface area contributed by atoms with Gasteiger partial charge < -0.3 is 20.3 Å². The lowest BCUT2D eigenvalue weighted by Gasteiger charge is -2.39. The standard InChI is InChI=1S/C26H25N3O4/c1-16(30)27-18-7-6-8-19(15-18)28-25(31)23-21-9-4-5-10-22(21)26(32)29(2)24(23)17-11-13-20(33-3)14-12-17/h4-15,23-24H,1-3H3,(H,27,30)(H,28,31)/t23-,24-/m0/s1. The number of likely N-dealkylation sites (N-methyl/N-ethyl adjacent to an activating group) is 1. The second-order valence-corrected chi connectivity index (χ2v) is 7.95. The zero-order chi connectivity index (χ0) is 23.5. The number of nitrogens with zero attached hydrogens (tertiary/aromatic N) is 1. The highest BCUT2D eigenvalue weighted by atomic mass is 16.5. The summed E-state index contributed by atoms with van der Waals surface area (Å²) in [5, 5.41) is 5.69.